The first kappa shape index (κ1) is 38.5. The van der Waals surface area contributed by atoms with E-state index in [1.165, 1.54) is 57.0 Å². The molecule has 4 aromatic heterocycles. The number of thiophene rings is 2. The van der Waals surface area contributed by atoms with E-state index < -0.39 is 17.7 Å². The van der Waals surface area contributed by atoms with Crippen molar-refractivity contribution in [3.8, 4) is 5.75 Å². The van der Waals surface area contributed by atoms with Crippen LogP contribution < -0.4 is 10.9 Å². The molecule has 0 bridgehead atoms. The minimum absolute atomic E-state index is 0.0257. The smallest absolute Gasteiger partial charge is 0.349 e. The van der Waals surface area contributed by atoms with Gasteiger partial charge in [0.15, 0.2) is 0 Å². The maximum atomic E-state index is 13.6. The monoisotopic (exact) mass is 795 g/mol. The van der Waals surface area contributed by atoms with Crippen molar-refractivity contribution in [2.75, 3.05) is 20.1 Å². The highest BCUT2D eigenvalue weighted by molar-refractivity contribution is 7.13. The first-order valence-electron chi connectivity index (χ1n) is 19.6. The average molecular weight is 796 g/mol. The number of phenolic OH excluding ortho intramolecular Hbond substituents is 1. The number of imidazole rings is 1. The number of fused-ring (bicyclic) bond motifs is 4. The molecule has 2 atom stereocenters. The van der Waals surface area contributed by atoms with Crippen LogP contribution in [0.25, 0.3) is 21.9 Å². The van der Waals surface area contributed by atoms with Crippen LogP contribution in [0.1, 0.15) is 81.5 Å². The molecule has 8 rings (SSSR count). The van der Waals surface area contributed by atoms with Gasteiger partial charge in [-0.3, -0.25) is 4.79 Å². The van der Waals surface area contributed by atoms with E-state index in [0.717, 1.165) is 74.8 Å². The van der Waals surface area contributed by atoms with Gasteiger partial charge in [-0.2, -0.15) is 0 Å². The summed E-state index contributed by atoms with van der Waals surface area (Å²) in [5, 5.41) is 39.0. The van der Waals surface area contributed by atoms with Crippen LogP contribution in [0, 0.1) is 6.92 Å². The molecule has 5 N–H and O–H groups in total. The number of aromatic amines is 1. The summed E-state index contributed by atoms with van der Waals surface area (Å²) in [6, 6.07) is 16.2. The summed E-state index contributed by atoms with van der Waals surface area (Å²) in [4.78, 5) is 37.5. The summed E-state index contributed by atoms with van der Waals surface area (Å²) >= 11 is 2.79. The maximum absolute atomic E-state index is 13.6. The second-order valence-electron chi connectivity index (χ2n) is 15.4. The third-order valence-electron chi connectivity index (χ3n) is 11.7. The van der Waals surface area contributed by atoms with Gasteiger partial charge < -0.3 is 39.8 Å². The summed E-state index contributed by atoms with van der Waals surface area (Å²) < 4.78 is 8.34. The molecule has 1 fully saturated rings. The molecule has 4 heterocycles. The lowest BCUT2D eigenvalue weighted by molar-refractivity contribution is -0.169. The number of hydrogen-bond donors (Lipinski definition) is 5. The fourth-order valence-corrected chi connectivity index (χ4v) is 10.6. The minimum Gasteiger partial charge on any atom is -0.506 e. The number of benzene rings is 2. The number of pyridine rings is 1. The van der Waals surface area contributed by atoms with E-state index >= 15 is 0 Å². The van der Waals surface area contributed by atoms with E-state index in [9.17, 15) is 24.9 Å². The van der Waals surface area contributed by atoms with Crippen LogP contribution in [0.4, 0.5) is 0 Å². The summed E-state index contributed by atoms with van der Waals surface area (Å²) in [5.74, 6) is -0.609. The van der Waals surface area contributed by atoms with Gasteiger partial charge in [0, 0.05) is 42.0 Å². The highest BCUT2D eigenvalue weighted by Gasteiger charge is 2.45. The van der Waals surface area contributed by atoms with Gasteiger partial charge in [-0.1, -0.05) is 12.1 Å². The van der Waals surface area contributed by atoms with Gasteiger partial charge in [-0.25, -0.2) is 9.78 Å². The summed E-state index contributed by atoms with van der Waals surface area (Å²) in [6.45, 7) is 4.71. The molecule has 11 nitrogen and oxygen atoms in total. The molecule has 2 aromatic carbocycles. The Bertz CT molecular complexity index is 2390. The predicted molar refractivity (Wildman–Crippen MR) is 220 cm³/mol. The third kappa shape index (κ3) is 7.56. The van der Waals surface area contributed by atoms with Gasteiger partial charge in [0.05, 0.1) is 38.7 Å². The molecular formula is C43H49N5O6S2. The number of aromatic nitrogens is 3. The lowest BCUT2D eigenvalue weighted by Gasteiger charge is -2.35. The fourth-order valence-electron chi connectivity index (χ4n) is 8.72. The molecule has 0 aliphatic heterocycles. The Balaban J connectivity index is 0.843. The van der Waals surface area contributed by atoms with E-state index in [4.69, 9.17) is 9.72 Å². The molecule has 6 aromatic rings. The Morgan fingerprint density at radius 3 is 2.70 bits per heavy atom. The average Bonchev–Trinajstić information content (AvgIpc) is 4.03. The topological polar surface area (TPSA) is 153 Å². The molecule has 0 radical (unpaired) electrons. The van der Waals surface area contributed by atoms with Crippen LogP contribution in [0.3, 0.4) is 0 Å². The van der Waals surface area contributed by atoms with Gasteiger partial charge >= 0.3 is 5.97 Å². The van der Waals surface area contributed by atoms with E-state index in [-0.39, 0.29) is 17.4 Å². The molecule has 2 aliphatic rings. The number of nitrogens with zero attached hydrogens (tertiary/aromatic N) is 3. The summed E-state index contributed by atoms with van der Waals surface area (Å²) in [6.07, 6.45) is 8.49. The van der Waals surface area contributed by atoms with Gasteiger partial charge in [-0.15, -0.1) is 22.7 Å². The predicted octanol–water partition coefficient (Wildman–Crippen LogP) is 6.44. The zero-order chi connectivity index (χ0) is 39.0. The second-order valence-corrected chi connectivity index (χ2v) is 17.6. The first-order valence-corrected chi connectivity index (χ1v) is 21.3. The van der Waals surface area contributed by atoms with E-state index in [1.54, 1.807) is 18.2 Å². The van der Waals surface area contributed by atoms with E-state index in [2.05, 4.69) is 32.9 Å². The Hall–Kier alpha value is -4.37. The Morgan fingerprint density at radius 1 is 1.11 bits per heavy atom. The van der Waals surface area contributed by atoms with Gasteiger partial charge in [-0.05, 0) is 136 Å². The number of phenols is 1. The largest absolute Gasteiger partial charge is 0.506 e. The Morgan fingerprint density at radius 2 is 1.93 bits per heavy atom. The normalized spacial score (nSPS) is 18.7. The molecule has 13 heteroatoms. The molecule has 0 unspecified atom stereocenters. The van der Waals surface area contributed by atoms with Crippen LogP contribution in [-0.2, 0) is 41.1 Å². The van der Waals surface area contributed by atoms with Crippen molar-refractivity contribution in [3.63, 3.8) is 0 Å². The summed E-state index contributed by atoms with van der Waals surface area (Å²) in [7, 11) is 2.19. The molecule has 1 saturated carbocycles. The number of aryl methyl sites for hydroxylation is 3. The number of nitrogens with one attached hydrogen (secondary N) is 2. The number of esters is 1. The lowest BCUT2D eigenvalue weighted by atomic mass is 9.91. The Kier molecular flexibility index (Phi) is 11.2. The van der Waals surface area contributed by atoms with Crippen LogP contribution >= 0.6 is 22.7 Å². The quantitative estimate of drug-likeness (QED) is 0.0785. The van der Waals surface area contributed by atoms with E-state index in [1.807, 2.05) is 36.8 Å². The molecule has 0 amide bonds. The molecular weight excluding hydrogens is 747 g/mol. The highest BCUT2D eigenvalue weighted by atomic mass is 32.1. The molecule has 2 aliphatic carbocycles. The van der Waals surface area contributed by atoms with Crippen molar-refractivity contribution in [2.45, 2.75) is 95.2 Å². The number of carbonyl (C=O) groups excluding carboxylic acids is 1. The fraction of sp³-hybridized carbons (Fsp3) is 0.419. The van der Waals surface area contributed by atoms with Crippen LogP contribution in [0.5, 0.6) is 5.75 Å². The minimum atomic E-state index is -1.78. The SMILES string of the molecule is Cc1ccc([C@](O)(C(=O)OC2CCC(N(C)CCCn3cnc4cc(CNC[C@H](O)c5ccc(O)c6[nH]c(=O)ccc56)c5c(c43)CCC5)CC2)c2cccs2)s1. The second kappa shape index (κ2) is 16.2. The molecule has 0 saturated heterocycles. The van der Waals surface area contributed by atoms with Crippen LogP contribution in [0.15, 0.2) is 71.1 Å². The van der Waals surface area contributed by atoms with Gasteiger partial charge in [0.25, 0.3) is 0 Å². The zero-order valence-electron chi connectivity index (χ0n) is 31.8. The van der Waals surface area contributed by atoms with Gasteiger partial charge in [0.1, 0.15) is 11.9 Å². The van der Waals surface area contributed by atoms with E-state index in [0.29, 0.717) is 45.4 Å². The first-order chi connectivity index (χ1) is 27.1. The molecule has 294 valence electrons. The van der Waals surface area contributed by atoms with Crippen molar-refractivity contribution in [1.82, 2.24) is 24.8 Å². The lowest BCUT2D eigenvalue weighted by Crippen LogP contribution is -2.42. The van der Waals surface area contributed by atoms with Crippen molar-refractivity contribution in [3.05, 3.63) is 114 Å². The number of H-pyrrole nitrogens is 1. The number of aliphatic hydroxyl groups is 2. The number of aliphatic hydroxyl groups excluding tert-OH is 1. The number of rotatable bonds is 14. The van der Waals surface area contributed by atoms with Crippen LogP contribution in [0.2, 0.25) is 0 Å². The Labute approximate surface area is 333 Å². The third-order valence-corrected chi connectivity index (χ3v) is 13.8. The van der Waals surface area contributed by atoms with Crippen molar-refractivity contribution in [2.24, 2.45) is 0 Å². The maximum Gasteiger partial charge on any atom is 0.349 e. The number of aromatic hydroxyl groups is 1. The molecule has 56 heavy (non-hydrogen) atoms. The standard InChI is InChI=1S/C43H49N5O6S2/c1-26-9-17-38(56-26)43(53,37-8-4-21-55-37)42(52)54-29-12-10-28(11-13-29)47(2)19-5-20-48-25-45-34-22-27(30-6-3-7-33(30)41(34)48)23-44-24-36(50)31-14-16-35(49)40-32(31)15-18-39(51)46-40/h4,8-9,14-18,21-22,25,28-29,36,44,49-50,53H,3,5-7,10-13,19-20,23-24H2,1-2H3,(H,46,51)/t28?,29?,36-,43-/m0/s1. The number of ether oxygens (including phenoxy) is 1. The van der Waals surface area contributed by atoms with Crippen molar-refractivity contribution < 1.29 is 24.9 Å². The van der Waals surface area contributed by atoms with Crippen molar-refractivity contribution >= 4 is 50.6 Å². The van der Waals surface area contributed by atoms with Crippen molar-refractivity contribution in [1.29, 1.82) is 0 Å². The van der Waals surface area contributed by atoms with Crippen LogP contribution in [-0.4, -0.2) is 73.0 Å². The highest BCUT2D eigenvalue weighted by Crippen LogP contribution is 2.39. The molecule has 0 spiro atoms. The zero-order valence-corrected chi connectivity index (χ0v) is 33.4. The number of carbonyl (C=O) groups is 1. The number of hydrogen-bond acceptors (Lipinski definition) is 11. The van der Waals surface area contributed by atoms with Gasteiger partial charge in [0.2, 0.25) is 11.2 Å². The summed E-state index contributed by atoms with van der Waals surface area (Å²) in [5.41, 5.74) is 5.08.